The molecule has 0 radical (unpaired) electrons. The highest BCUT2D eigenvalue weighted by Gasteiger charge is 2.30. The SMILES string of the molecule is Cc1cccc(C(=O)O)c1Nc1cccc(C(F)(F)F)c1. The van der Waals surface area contributed by atoms with Gasteiger partial charge in [-0.2, -0.15) is 13.2 Å². The summed E-state index contributed by atoms with van der Waals surface area (Å²) >= 11 is 0. The molecule has 2 rings (SSSR count). The van der Waals surface area contributed by atoms with E-state index in [2.05, 4.69) is 5.32 Å². The van der Waals surface area contributed by atoms with Gasteiger partial charge >= 0.3 is 12.1 Å². The van der Waals surface area contributed by atoms with Crippen LogP contribution in [0.15, 0.2) is 42.5 Å². The molecule has 3 nitrogen and oxygen atoms in total. The Hall–Kier alpha value is -2.50. The Morgan fingerprint density at radius 2 is 1.81 bits per heavy atom. The fourth-order valence-electron chi connectivity index (χ4n) is 1.93. The van der Waals surface area contributed by atoms with Crippen molar-refractivity contribution in [1.29, 1.82) is 0 Å². The van der Waals surface area contributed by atoms with Crippen LogP contribution in [0.2, 0.25) is 0 Å². The van der Waals surface area contributed by atoms with Crippen LogP contribution in [0.1, 0.15) is 21.5 Å². The maximum absolute atomic E-state index is 12.7. The van der Waals surface area contributed by atoms with E-state index in [-0.39, 0.29) is 16.9 Å². The Balaban J connectivity index is 2.42. The van der Waals surface area contributed by atoms with Crippen LogP contribution < -0.4 is 5.32 Å². The minimum absolute atomic E-state index is 0.00686. The Kier molecular flexibility index (Phi) is 3.88. The Bertz CT molecular complexity index is 681. The van der Waals surface area contributed by atoms with Gasteiger partial charge in [0, 0.05) is 5.69 Å². The fourth-order valence-corrected chi connectivity index (χ4v) is 1.93. The number of anilines is 2. The third-order valence-electron chi connectivity index (χ3n) is 2.96. The molecule has 2 N–H and O–H groups in total. The fraction of sp³-hybridized carbons (Fsp3) is 0.133. The first kappa shape index (κ1) is 14.9. The number of rotatable bonds is 3. The molecule has 0 aliphatic heterocycles. The van der Waals surface area contributed by atoms with E-state index < -0.39 is 17.7 Å². The number of benzene rings is 2. The van der Waals surface area contributed by atoms with E-state index in [1.807, 2.05) is 0 Å². The third-order valence-corrected chi connectivity index (χ3v) is 2.96. The normalized spacial score (nSPS) is 11.2. The van der Waals surface area contributed by atoms with Gasteiger partial charge < -0.3 is 10.4 Å². The van der Waals surface area contributed by atoms with Crippen LogP contribution in [0.3, 0.4) is 0 Å². The van der Waals surface area contributed by atoms with Crippen molar-refractivity contribution >= 4 is 17.3 Å². The molecule has 0 saturated heterocycles. The van der Waals surface area contributed by atoms with Crippen molar-refractivity contribution in [1.82, 2.24) is 0 Å². The van der Waals surface area contributed by atoms with Crippen molar-refractivity contribution in [2.45, 2.75) is 13.1 Å². The number of halogens is 3. The van der Waals surface area contributed by atoms with Crippen molar-refractivity contribution in [3.8, 4) is 0 Å². The molecule has 0 amide bonds. The largest absolute Gasteiger partial charge is 0.478 e. The highest BCUT2D eigenvalue weighted by Crippen LogP contribution is 2.32. The quantitative estimate of drug-likeness (QED) is 0.879. The molecule has 0 saturated carbocycles. The summed E-state index contributed by atoms with van der Waals surface area (Å²) < 4.78 is 38.0. The average Bonchev–Trinajstić information content (AvgIpc) is 2.40. The molecule has 0 fully saturated rings. The second-order valence-corrected chi connectivity index (χ2v) is 4.51. The van der Waals surface area contributed by atoms with Crippen LogP contribution in [0.25, 0.3) is 0 Å². The zero-order valence-corrected chi connectivity index (χ0v) is 11.0. The van der Waals surface area contributed by atoms with Gasteiger partial charge in [0.25, 0.3) is 0 Å². The summed E-state index contributed by atoms with van der Waals surface area (Å²) in [5.41, 5.74) is 0.309. The second-order valence-electron chi connectivity index (χ2n) is 4.51. The van der Waals surface area contributed by atoms with Crippen molar-refractivity contribution in [2.75, 3.05) is 5.32 Å². The Morgan fingerprint density at radius 3 is 2.43 bits per heavy atom. The van der Waals surface area contributed by atoms with Gasteiger partial charge in [-0.05, 0) is 36.8 Å². The number of carboxylic acids is 1. The number of hydrogen-bond donors (Lipinski definition) is 2. The topological polar surface area (TPSA) is 49.3 Å². The van der Waals surface area contributed by atoms with E-state index in [1.54, 1.807) is 19.1 Å². The van der Waals surface area contributed by atoms with Crippen molar-refractivity contribution in [3.63, 3.8) is 0 Å². The van der Waals surface area contributed by atoms with Crippen LogP contribution in [-0.4, -0.2) is 11.1 Å². The van der Waals surface area contributed by atoms with Crippen LogP contribution in [-0.2, 0) is 6.18 Å². The monoisotopic (exact) mass is 295 g/mol. The van der Waals surface area contributed by atoms with E-state index in [1.165, 1.54) is 18.2 Å². The molecule has 0 aromatic heterocycles. The van der Waals surface area contributed by atoms with Crippen molar-refractivity contribution < 1.29 is 23.1 Å². The van der Waals surface area contributed by atoms with Gasteiger partial charge in [0.05, 0.1) is 16.8 Å². The predicted molar refractivity (Wildman–Crippen MR) is 72.9 cm³/mol. The maximum Gasteiger partial charge on any atom is 0.416 e. The third kappa shape index (κ3) is 3.34. The molecule has 0 unspecified atom stereocenters. The molecule has 0 aliphatic carbocycles. The molecule has 0 bridgehead atoms. The molecule has 0 spiro atoms. The molecule has 110 valence electrons. The summed E-state index contributed by atoms with van der Waals surface area (Å²) in [6, 6.07) is 9.28. The molecule has 21 heavy (non-hydrogen) atoms. The van der Waals surface area contributed by atoms with Gasteiger partial charge in [-0.25, -0.2) is 4.79 Å². The first-order valence-corrected chi connectivity index (χ1v) is 6.06. The molecule has 0 aliphatic rings. The van der Waals surface area contributed by atoms with E-state index in [4.69, 9.17) is 5.11 Å². The van der Waals surface area contributed by atoms with Crippen LogP contribution >= 0.6 is 0 Å². The zero-order valence-electron chi connectivity index (χ0n) is 11.0. The summed E-state index contributed by atoms with van der Waals surface area (Å²) in [6.45, 7) is 1.68. The van der Waals surface area contributed by atoms with Crippen LogP contribution in [0.5, 0.6) is 0 Å². The number of nitrogens with one attached hydrogen (secondary N) is 1. The predicted octanol–water partition coefficient (Wildman–Crippen LogP) is 4.46. The molecule has 0 atom stereocenters. The number of alkyl halides is 3. The first-order chi connectivity index (χ1) is 9.79. The Labute approximate surface area is 119 Å². The highest BCUT2D eigenvalue weighted by atomic mass is 19.4. The summed E-state index contributed by atoms with van der Waals surface area (Å²) in [7, 11) is 0. The lowest BCUT2D eigenvalue weighted by atomic mass is 10.1. The molecule has 0 heterocycles. The molecular formula is C15H12F3NO2. The summed E-state index contributed by atoms with van der Waals surface area (Å²) in [6.07, 6.45) is -4.45. The van der Waals surface area contributed by atoms with E-state index in [9.17, 15) is 18.0 Å². The second kappa shape index (κ2) is 5.47. The van der Waals surface area contributed by atoms with Gasteiger partial charge in [-0.1, -0.05) is 18.2 Å². The summed E-state index contributed by atoms with van der Waals surface area (Å²) in [5, 5.41) is 11.9. The Morgan fingerprint density at radius 1 is 1.14 bits per heavy atom. The van der Waals surface area contributed by atoms with Gasteiger partial charge in [0.1, 0.15) is 0 Å². The van der Waals surface area contributed by atoms with E-state index in [0.717, 1.165) is 12.1 Å². The standard InChI is InChI=1S/C15H12F3NO2/c1-9-4-2-7-12(14(20)21)13(9)19-11-6-3-5-10(8-11)15(16,17)18/h2-8,19H,1H3,(H,20,21). The smallest absolute Gasteiger partial charge is 0.416 e. The lowest BCUT2D eigenvalue weighted by molar-refractivity contribution is -0.137. The average molecular weight is 295 g/mol. The number of aromatic carboxylic acids is 1. The lowest BCUT2D eigenvalue weighted by Crippen LogP contribution is -2.07. The minimum Gasteiger partial charge on any atom is -0.478 e. The van der Waals surface area contributed by atoms with Gasteiger partial charge in [-0.3, -0.25) is 0 Å². The van der Waals surface area contributed by atoms with Crippen molar-refractivity contribution in [2.24, 2.45) is 0 Å². The minimum atomic E-state index is -4.45. The molecule has 2 aromatic carbocycles. The van der Waals surface area contributed by atoms with Crippen LogP contribution in [0, 0.1) is 6.92 Å². The summed E-state index contributed by atoms with van der Waals surface area (Å²) in [4.78, 5) is 11.2. The molecular weight excluding hydrogens is 283 g/mol. The number of carbonyl (C=O) groups is 1. The summed E-state index contributed by atoms with van der Waals surface area (Å²) in [5.74, 6) is -1.15. The van der Waals surface area contributed by atoms with Crippen LogP contribution in [0.4, 0.5) is 24.5 Å². The molecule has 2 aromatic rings. The molecule has 6 heteroatoms. The zero-order chi connectivity index (χ0) is 15.6. The van der Waals surface area contributed by atoms with E-state index in [0.29, 0.717) is 5.56 Å². The van der Waals surface area contributed by atoms with Gasteiger partial charge in [0.15, 0.2) is 0 Å². The first-order valence-electron chi connectivity index (χ1n) is 6.06. The van der Waals surface area contributed by atoms with Gasteiger partial charge in [0.2, 0.25) is 0 Å². The highest BCUT2D eigenvalue weighted by molar-refractivity contribution is 5.96. The van der Waals surface area contributed by atoms with E-state index >= 15 is 0 Å². The van der Waals surface area contributed by atoms with Crippen molar-refractivity contribution in [3.05, 3.63) is 59.2 Å². The number of aryl methyl sites for hydroxylation is 1. The number of hydrogen-bond acceptors (Lipinski definition) is 2. The number of carboxylic acid groups (broad SMARTS) is 1. The maximum atomic E-state index is 12.7. The van der Waals surface area contributed by atoms with Gasteiger partial charge in [-0.15, -0.1) is 0 Å². The lowest BCUT2D eigenvalue weighted by Gasteiger charge is -2.14. The number of para-hydroxylation sites is 1.